The van der Waals surface area contributed by atoms with Crippen molar-refractivity contribution in [2.24, 2.45) is 10.9 Å². The van der Waals surface area contributed by atoms with Crippen LogP contribution in [0.3, 0.4) is 0 Å². The van der Waals surface area contributed by atoms with Crippen molar-refractivity contribution in [2.75, 3.05) is 19.0 Å². The van der Waals surface area contributed by atoms with Gasteiger partial charge in [0.25, 0.3) is 0 Å². The van der Waals surface area contributed by atoms with E-state index in [0.29, 0.717) is 18.5 Å². The van der Waals surface area contributed by atoms with Gasteiger partial charge in [0.2, 0.25) is 0 Å². The molecular formula is C19H31N3OS. The quantitative estimate of drug-likeness (QED) is 0.393. The van der Waals surface area contributed by atoms with Crippen LogP contribution in [-0.4, -0.2) is 30.9 Å². The fraction of sp³-hybridized carbons (Fsp3) is 0.474. The lowest BCUT2D eigenvalue weighted by molar-refractivity contribution is 0.292. The summed E-state index contributed by atoms with van der Waals surface area (Å²) in [5.74, 6) is 1.41. The van der Waals surface area contributed by atoms with E-state index >= 15 is 0 Å². The number of anilines is 1. The molecule has 0 aliphatic heterocycles. The third kappa shape index (κ3) is 11.7. The number of ether oxygens (including phenoxy) is 1. The lowest BCUT2D eigenvalue weighted by atomic mass is 10.2. The van der Waals surface area contributed by atoms with E-state index in [-0.39, 0.29) is 0 Å². The highest BCUT2D eigenvalue weighted by molar-refractivity contribution is 7.13. The minimum Gasteiger partial charge on any atom is -0.502 e. The number of thiazole rings is 1. The van der Waals surface area contributed by atoms with Gasteiger partial charge in [0, 0.05) is 17.6 Å². The minimum absolute atomic E-state index is 0.401. The fourth-order valence-electron chi connectivity index (χ4n) is 1.45. The van der Waals surface area contributed by atoms with Gasteiger partial charge in [-0.05, 0) is 39.7 Å². The van der Waals surface area contributed by atoms with Gasteiger partial charge in [-0.25, -0.2) is 4.98 Å². The Balaban J connectivity index is 0.000000640. The molecule has 0 aliphatic carbocycles. The largest absolute Gasteiger partial charge is 0.502 e. The van der Waals surface area contributed by atoms with Crippen molar-refractivity contribution in [1.29, 1.82) is 0 Å². The highest BCUT2D eigenvalue weighted by Gasteiger charge is 2.00. The van der Waals surface area contributed by atoms with Crippen LogP contribution in [0, 0.1) is 5.92 Å². The van der Waals surface area contributed by atoms with E-state index in [4.69, 9.17) is 4.74 Å². The molecule has 1 rings (SSSR count). The number of hydrogen-bond acceptors (Lipinski definition) is 5. The van der Waals surface area contributed by atoms with Gasteiger partial charge in [0.15, 0.2) is 5.13 Å². The van der Waals surface area contributed by atoms with Gasteiger partial charge < -0.3 is 10.1 Å². The molecule has 1 N–H and O–H groups in total. The average Bonchev–Trinajstić information content (AvgIpc) is 2.98. The Hall–Kier alpha value is -1.88. The van der Waals surface area contributed by atoms with Crippen molar-refractivity contribution in [2.45, 2.75) is 40.7 Å². The maximum Gasteiger partial charge on any atom is 0.183 e. The van der Waals surface area contributed by atoms with Gasteiger partial charge >= 0.3 is 0 Å². The first-order valence-electron chi connectivity index (χ1n) is 8.10. The predicted octanol–water partition coefficient (Wildman–Crippen LogP) is 5.32. The summed E-state index contributed by atoms with van der Waals surface area (Å²) in [7, 11) is 1.65. The first-order chi connectivity index (χ1) is 11.4. The fourth-order valence-corrected chi connectivity index (χ4v) is 2.26. The lowest BCUT2D eigenvalue weighted by Gasteiger charge is -2.03. The molecule has 1 aromatic heterocycles. The summed E-state index contributed by atoms with van der Waals surface area (Å²) in [6.07, 6.45) is 9.76. The molecule has 0 saturated heterocycles. The summed E-state index contributed by atoms with van der Waals surface area (Å²) in [5, 5.41) is 6.18. The van der Waals surface area contributed by atoms with Gasteiger partial charge in [-0.3, -0.25) is 4.99 Å². The van der Waals surface area contributed by atoms with E-state index in [1.54, 1.807) is 24.7 Å². The van der Waals surface area contributed by atoms with Crippen molar-refractivity contribution in [3.05, 3.63) is 47.7 Å². The normalized spacial score (nSPS) is 13.0. The zero-order chi connectivity index (χ0) is 18.4. The Morgan fingerprint density at radius 2 is 2.17 bits per heavy atom. The molecule has 1 heterocycles. The highest BCUT2D eigenvalue weighted by Crippen LogP contribution is 2.14. The van der Waals surface area contributed by atoms with Crippen molar-refractivity contribution in [3.63, 3.8) is 0 Å². The molecule has 0 radical (unpaired) electrons. The summed E-state index contributed by atoms with van der Waals surface area (Å²) in [6.45, 7) is 14.4. The molecule has 0 aromatic carbocycles. The van der Waals surface area contributed by atoms with E-state index in [0.717, 1.165) is 16.6 Å². The van der Waals surface area contributed by atoms with Crippen molar-refractivity contribution >= 4 is 22.7 Å². The molecule has 0 spiro atoms. The van der Waals surface area contributed by atoms with Crippen molar-refractivity contribution < 1.29 is 4.74 Å². The number of rotatable bonds is 8. The van der Waals surface area contributed by atoms with Gasteiger partial charge in [-0.2, -0.15) is 0 Å². The van der Waals surface area contributed by atoms with E-state index in [1.807, 2.05) is 37.5 Å². The first kappa shape index (κ1) is 22.1. The second kappa shape index (κ2) is 13.5. The second-order valence-electron chi connectivity index (χ2n) is 5.51. The molecule has 1 unspecified atom stereocenters. The minimum atomic E-state index is 0.401. The van der Waals surface area contributed by atoms with E-state index in [2.05, 4.69) is 48.7 Å². The molecule has 24 heavy (non-hydrogen) atoms. The molecule has 0 amide bonds. The number of nitrogens with one attached hydrogen (secondary N) is 1. The number of nitrogens with zero attached hydrogens (tertiary/aromatic N) is 2. The number of aliphatic imine (C=N–C) groups is 1. The third-order valence-electron chi connectivity index (χ3n) is 2.83. The summed E-state index contributed by atoms with van der Waals surface area (Å²) in [5.41, 5.74) is 0.890. The molecule has 1 aromatic rings. The summed E-state index contributed by atoms with van der Waals surface area (Å²) in [4.78, 5) is 8.65. The van der Waals surface area contributed by atoms with E-state index in [9.17, 15) is 0 Å². The monoisotopic (exact) mass is 349 g/mol. The van der Waals surface area contributed by atoms with Crippen LogP contribution in [0.25, 0.3) is 0 Å². The summed E-state index contributed by atoms with van der Waals surface area (Å²) >= 11 is 1.59. The zero-order valence-corrected chi connectivity index (χ0v) is 16.6. The number of allylic oxidation sites excluding steroid dienone is 4. The number of aromatic nitrogens is 1. The Morgan fingerprint density at radius 1 is 1.46 bits per heavy atom. The van der Waals surface area contributed by atoms with Crippen LogP contribution in [0.5, 0.6) is 0 Å². The molecular weight excluding hydrogens is 318 g/mol. The van der Waals surface area contributed by atoms with Crippen LogP contribution in [0.2, 0.25) is 0 Å². The van der Waals surface area contributed by atoms with Gasteiger partial charge in [0.1, 0.15) is 0 Å². The molecule has 0 bridgehead atoms. The highest BCUT2D eigenvalue weighted by atomic mass is 32.1. The van der Waals surface area contributed by atoms with Crippen LogP contribution < -0.4 is 5.32 Å². The number of methoxy groups -OCH3 is 1. The predicted molar refractivity (Wildman–Crippen MR) is 108 cm³/mol. The third-order valence-corrected chi connectivity index (χ3v) is 3.62. The van der Waals surface area contributed by atoms with Gasteiger partial charge in [0.05, 0.1) is 25.1 Å². The SMILES string of the molecule is C=CC(C)/C=C\C.CO/C(C)=C/CN=Cc1csc(NC(C)C)n1. The van der Waals surface area contributed by atoms with Gasteiger partial charge in [-0.1, -0.05) is 25.2 Å². The van der Waals surface area contributed by atoms with Crippen LogP contribution in [-0.2, 0) is 4.74 Å². The Morgan fingerprint density at radius 3 is 2.67 bits per heavy atom. The van der Waals surface area contributed by atoms with E-state index in [1.165, 1.54) is 0 Å². The Labute approximate surface area is 151 Å². The van der Waals surface area contributed by atoms with Gasteiger partial charge in [-0.15, -0.1) is 17.9 Å². The van der Waals surface area contributed by atoms with Crippen LogP contribution >= 0.6 is 11.3 Å². The van der Waals surface area contributed by atoms with Crippen molar-refractivity contribution in [1.82, 2.24) is 4.98 Å². The Kier molecular flexibility index (Phi) is 12.5. The standard InChI is InChI=1S/C12H19N3OS.C7H12/c1-9(2)14-12-15-11(8-17-12)7-13-6-5-10(3)16-4;1-4-6-7(3)5-2/h5,7-9H,6H2,1-4H3,(H,14,15);4-7H,2H2,1,3H3/b10-5+,13-7?;6-4-. The number of hydrogen-bond donors (Lipinski definition) is 1. The molecule has 4 nitrogen and oxygen atoms in total. The van der Waals surface area contributed by atoms with E-state index < -0.39 is 0 Å². The van der Waals surface area contributed by atoms with Crippen LogP contribution in [0.1, 0.15) is 40.3 Å². The molecule has 0 aliphatic rings. The molecule has 5 heteroatoms. The first-order valence-corrected chi connectivity index (χ1v) is 8.98. The zero-order valence-electron chi connectivity index (χ0n) is 15.7. The van der Waals surface area contributed by atoms with Crippen molar-refractivity contribution in [3.8, 4) is 0 Å². The van der Waals surface area contributed by atoms with Crippen LogP contribution in [0.15, 0.2) is 47.0 Å². The Bertz CT molecular complexity index is 545. The molecule has 0 saturated carbocycles. The lowest BCUT2D eigenvalue weighted by Crippen LogP contribution is -2.09. The molecule has 1 atom stereocenters. The maximum absolute atomic E-state index is 5.01. The van der Waals surface area contributed by atoms with Crippen LogP contribution in [0.4, 0.5) is 5.13 Å². The smallest absolute Gasteiger partial charge is 0.183 e. The maximum atomic E-state index is 5.01. The molecule has 0 fully saturated rings. The summed E-state index contributed by atoms with van der Waals surface area (Å²) in [6, 6.07) is 0.401. The molecule has 134 valence electrons. The summed E-state index contributed by atoms with van der Waals surface area (Å²) < 4.78 is 5.01. The average molecular weight is 350 g/mol. The topological polar surface area (TPSA) is 46.5 Å². The second-order valence-corrected chi connectivity index (χ2v) is 6.37.